The van der Waals surface area contributed by atoms with Crippen LogP contribution in [0.15, 0.2) is 54.6 Å². The van der Waals surface area contributed by atoms with E-state index in [0.717, 1.165) is 0 Å². The first-order valence-corrected chi connectivity index (χ1v) is 6.48. The lowest BCUT2D eigenvalue weighted by Gasteiger charge is -1.97. The van der Waals surface area contributed by atoms with Gasteiger partial charge in [-0.1, -0.05) is 36.4 Å². The van der Waals surface area contributed by atoms with E-state index in [-0.39, 0.29) is 0 Å². The third-order valence-corrected chi connectivity index (χ3v) is 3.69. The van der Waals surface area contributed by atoms with Crippen LogP contribution in [0.2, 0.25) is 0 Å². The van der Waals surface area contributed by atoms with Gasteiger partial charge in [-0.3, -0.25) is 0 Å². The largest absolute Gasteiger partial charge is 0.358 e. The van der Waals surface area contributed by atoms with Crippen molar-refractivity contribution in [2.75, 3.05) is 0 Å². The van der Waals surface area contributed by atoms with Crippen LogP contribution in [0.5, 0.6) is 0 Å². The van der Waals surface area contributed by atoms with E-state index in [2.05, 4.69) is 71.5 Å². The predicted molar refractivity (Wildman–Crippen MR) is 80.3 cm³/mol. The molecule has 0 unspecified atom stereocenters. The van der Waals surface area contributed by atoms with Crippen LogP contribution in [-0.2, 0) is 0 Å². The first-order chi connectivity index (χ1) is 9.33. The summed E-state index contributed by atoms with van der Waals surface area (Å²) >= 11 is 0. The molecule has 0 bridgehead atoms. The number of benzene rings is 2. The molecule has 4 rings (SSSR count). The normalized spacial score (nSPS) is 11.4. The molecule has 2 aromatic carbocycles. The molecule has 0 radical (unpaired) electrons. The molecule has 2 heterocycles. The van der Waals surface area contributed by atoms with Gasteiger partial charge in [-0.25, -0.2) is 0 Å². The Balaban J connectivity index is 2.06. The number of aryl methyl sites for hydroxylation is 1. The number of H-pyrrole nitrogens is 2. The van der Waals surface area contributed by atoms with Gasteiger partial charge in [0, 0.05) is 38.8 Å². The number of hydrogen-bond acceptors (Lipinski definition) is 0. The standard InChI is InChI=1S/C17H14N2/c1-11-17(13-7-3-5-9-15(13)18-11)16-10-12-6-2-4-8-14(12)19-16/h2-10,18-19H,1H3. The predicted octanol–water partition coefficient (Wildman–Crippen LogP) is 4.62. The Labute approximate surface area is 111 Å². The Kier molecular flexibility index (Phi) is 2.06. The summed E-state index contributed by atoms with van der Waals surface area (Å²) in [6, 6.07) is 19.0. The topological polar surface area (TPSA) is 31.6 Å². The maximum atomic E-state index is 3.51. The van der Waals surface area contributed by atoms with Crippen LogP contribution in [0.3, 0.4) is 0 Å². The quantitative estimate of drug-likeness (QED) is 0.491. The van der Waals surface area contributed by atoms with Crippen LogP contribution in [0.25, 0.3) is 33.1 Å². The van der Waals surface area contributed by atoms with Gasteiger partial charge >= 0.3 is 0 Å². The fourth-order valence-electron chi connectivity index (χ4n) is 2.83. The molecule has 0 atom stereocenters. The highest BCUT2D eigenvalue weighted by atomic mass is 14.8. The summed E-state index contributed by atoms with van der Waals surface area (Å²) in [5.74, 6) is 0. The number of aromatic nitrogens is 2. The molecule has 0 spiro atoms. The van der Waals surface area contributed by atoms with Gasteiger partial charge in [0.2, 0.25) is 0 Å². The van der Waals surface area contributed by atoms with Gasteiger partial charge in [-0.15, -0.1) is 0 Å². The molecule has 0 aliphatic rings. The second-order valence-electron chi connectivity index (χ2n) is 4.94. The summed E-state index contributed by atoms with van der Waals surface area (Å²) < 4.78 is 0. The smallest absolute Gasteiger partial charge is 0.0489 e. The minimum atomic E-state index is 1.18. The van der Waals surface area contributed by atoms with Crippen molar-refractivity contribution in [1.29, 1.82) is 0 Å². The van der Waals surface area contributed by atoms with Crippen molar-refractivity contribution >= 4 is 21.8 Å². The van der Waals surface area contributed by atoms with E-state index in [1.807, 2.05) is 0 Å². The van der Waals surface area contributed by atoms with E-state index in [0.29, 0.717) is 0 Å². The van der Waals surface area contributed by atoms with Crippen LogP contribution in [0, 0.1) is 6.92 Å². The summed E-state index contributed by atoms with van der Waals surface area (Å²) in [5.41, 5.74) is 6.02. The lowest BCUT2D eigenvalue weighted by Crippen LogP contribution is -1.78. The van der Waals surface area contributed by atoms with Gasteiger partial charge in [0.25, 0.3) is 0 Å². The number of para-hydroxylation sites is 2. The third-order valence-electron chi connectivity index (χ3n) is 3.69. The Morgan fingerprint density at radius 1 is 0.789 bits per heavy atom. The lowest BCUT2D eigenvalue weighted by atomic mass is 10.1. The summed E-state index contributed by atoms with van der Waals surface area (Å²) in [5, 5.41) is 2.52. The number of rotatable bonds is 1. The Morgan fingerprint density at radius 3 is 2.37 bits per heavy atom. The molecule has 0 saturated carbocycles. The fourth-order valence-corrected chi connectivity index (χ4v) is 2.83. The minimum Gasteiger partial charge on any atom is -0.358 e. The molecule has 0 aliphatic heterocycles. The summed E-state index contributed by atoms with van der Waals surface area (Å²) in [6.07, 6.45) is 0. The van der Waals surface area contributed by atoms with Gasteiger partial charge in [-0.2, -0.15) is 0 Å². The summed E-state index contributed by atoms with van der Waals surface area (Å²) in [7, 11) is 0. The van der Waals surface area contributed by atoms with Crippen LogP contribution in [0.4, 0.5) is 0 Å². The molecular formula is C17H14N2. The Bertz CT molecular complexity index is 847. The van der Waals surface area contributed by atoms with Gasteiger partial charge in [0.15, 0.2) is 0 Å². The van der Waals surface area contributed by atoms with E-state index in [1.54, 1.807) is 0 Å². The summed E-state index contributed by atoms with van der Waals surface area (Å²) in [4.78, 5) is 6.96. The molecule has 2 aromatic heterocycles. The highest BCUT2D eigenvalue weighted by molar-refractivity contribution is 5.99. The van der Waals surface area contributed by atoms with Crippen molar-refractivity contribution in [1.82, 2.24) is 9.97 Å². The van der Waals surface area contributed by atoms with Gasteiger partial charge in [-0.05, 0) is 25.1 Å². The molecule has 0 fully saturated rings. The SMILES string of the molecule is Cc1[nH]c2ccccc2c1-c1cc2ccccc2[nH]1. The van der Waals surface area contributed by atoms with Crippen LogP contribution in [-0.4, -0.2) is 9.97 Å². The lowest BCUT2D eigenvalue weighted by molar-refractivity contribution is 1.29. The van der Waals surface area contributed by atoms with Crippen molar-refractivity contribution in [2.24, 2.45) is 0 Å². The van der Waals surface area contributed by atoms with E-state index in [1.165, 1.54) is 38.8 Å². The first-order valence-electron chi connectivity index (χ1n) is 6.48. The first kappa shape index (κ1) is 10.4. The molecule has 92 valence electrons. The Hall–Kier alpha value is -2.48. The average molecular weight is 246 g/mol. The average Bonchev–Trinajstić information content (AvgIpc) is 2.97. The molecule has 19 heavy (non-hydrogen) atoms. The van der Waals surface area contributed by atoms with Crippen molar-refractivity contribution in [2.45, 2.75) is 6.92 Å². The molecule has 0 amide bonds. The maximum Gasteiger partial charge on any atom is 0.0489 e. The highest BCUT2D eigenvalue weighted by Crippen LogP contribution is 2.33. The molecule has 2 nitrogen and oxygen atoms in total. The van der Waals surface area contributed by atoms with Crippen molar-refractivity contribution < 1.29 is 0 Å². The Morgan fingerprint density at radius 2 is 1.53 bits per heavy atom. The zero-order valence-corrected chi connectivity index (χ0v) is 10.7. The number of aromatic amines is 2. The molecule has 2 heteroatoms. The van der Waals surface area contributed by atoms with Crippen molar-refractivity contribution in [3.05, 3.63) is 60.3 Å². The van der Waals surface area contributed by atoms with Crippen molar-refractivity contribution in [3.63, 3.8) is 0 Å². The van der Waals surface area contributed by atoms with Gasteiger partial charge in [0.1, 0.15) is 0 Å². The van der Waals surface area contributed by atoms with Crippen LogP contribution in [0.1, 0.15) is 5.69 Å². The van der Waals surface area contributed by atoms with E-state index < -0.39 is 0 Å². The number of nitrogens with one attached hydrogen (secondary N) is 2. The van der Waals surface area contributed by atoms with Crippen LogP contribution < -0.4 is 0 Å². The zero-order valence-electron chi connectivity index (χ0n) is 10.7. The third kappa shape index (κ3) is 1.50. The molecule has 0 saturated heterocycles. The molecule has 0 aliphatic carbocycles. The zero-order chi connectivity index (χ0) is 12.8. The fraction of sp³-hybridized carbons (Fsp3) is 0.0588. The van der Waals surface area contributed by atoms with Crippen LogP contribution >= 0.6 is 0 Å². The number of hydrogen-bond donors (Lipinski definition) is 2. The molecule has 2 N–H and O–H groups in total. The number of fused-ring (bicyclic) bond motifs is 2. The molecule has 4 aromatic rings. The minimum absolute atomic E-state index is 1.18. The second-order valence-corrected chi connectivity index (χ2v) is 4.94. The van der Waals surface area contributed by atoms with Crippen molar-refractivity contribution in [3.8, 4) is 11.3 Å². The monoisotopic (exact) mass is 246 g/mol. The van der Waals surface area contributed by atoms with E-state index in [9.17, 15) is 0 Å². The maximum absolute atomic E-state index is 3.51. The summed E-state index contributed by atoms with van der Waals surface area (Å²) in [6.45, 7) is 2.13. The van der Waals surface area contributed by atoms with E-state index in [4.69, 9.17) is 0 Å². The second kappa shape index (κ2) is 3.75. The van der Waals surface area contributed by atoms with Gasteiger partial charge in [0.05, 0.1) is 0 Å². The van der Waals surface area contributed by atoms with Gasteiger partial charge < -0.3 is 9.97 Å². The van der Waals surface area contributed by atoms with E-state index >= 15 is 0 Å². The molecular weight excluding hydrogens is 232 g/mol. The highest BCUT2D eigenvalue weighted by Gasteiger charge is 2.11.